The lowest BCUT2D eigenvalue weighted by molar-refractivity contribution is 0.0695. The lowest BCUT2D eigenvalue weighted by Crippen LogP contribution is -2.13. The molecular formula is C14H14N2O4S. The molecule has 1 aromatic heterocycles. The molecule has 0 aliphatic carbocycles. The highest BCUT2D eigenvalue weighted by molar-refractivity contribution is 7.89. The topological polar surface area (TPSA) is 97.2 Å². The van der Waals surface area contributed by atoms with Crippen LogP contribution < -0.4 is 0 Å². The van der Waals surface area contributed by atoms with Crippen molar-refractivity contribution in [3.63, 3.8) is 0 Å². The molecule has 0 aliphatic rings. The Kier molecular flexibility index (Phi) is 4.32. The minimum atomic E-state index is -3.51. The van der Waals surface area contributed by atoms with Gasteiger partial charge < -0.3 is 5.11 Å². The third-order valence-electron chi connectivity index (χ3n) is 2.85. The molecule has 2 rings (SSSR count). The first-order valence-corrected chi connectivity index (χ1v) is 7.98. The second-order valence-electron chi connectivity index (χ2n) is 4.71. The van der Waals surface area contributed by atoms with Gasteiger partial charge >= 0.3 is 5.97 Å². The van der Waals surface area contributed by atoms with Crippen LogP contribution in [0, 0.1) is 6.92 Å². The molecule has 0 spiro atoms. The Morgan fingerprint density at radius 2 is 2.05 bits per heavy atom. The van der Waals surface area contributed by atoms with E-state index in [0.717, 1.165) is 18.1 Å². The SMILES string of the molecule is Cc1cccc(CS(=O)(=O)Cc2ncncc2C(=O)O)c1. The van der Waals surface area contributed by atoms with Crippen molar-refractivity contribution >= 4 is 15.8 Å². The lowest BCUT2D eigenvalue weighted by Gasteiger charge is -2.07. The van der Waals surface area contributed by atoms with E-state index in [-0.39, 0.29) is 17.0 Å². The van der Waals surface area contributed by atoms with Crippen molar-refractivity contribution in [2.75, 3.05) is 0 Å². The van der Waals surface area contributed by atoms with Crippen molar-refractivity contribution < 1.29 is 18.3 Å². The summed E-state index contributed by atoms with van der Waals surface area (Å²) < 4.78 is 24.4. The zero-order valence-corrected chi connectivity index (χ0v) is 12.2. The van der Waals surface area contributed by atoms with Gasteiger partial charge in [0.2, 0.25) is 0 Å². The molecule has 110 valence electrons. The summed E-state index contributed by atoms with van der Waals surface area (Å²) in [7, 11) is -3.51. The summed E-state index contributed by atoms with van der Waals surface area (Å²) in [5.74, 6) is -1.82. The first kappa shape index (κ1) is 15.1. The van der Waals surface area contributed by atoms with E-state index in [4.69, 9.17) is 5.11 Å². The molecule has 0 atom stereocenters. The maximum Gasteiger partial charge on any atom is 0.339 e. The van der Waals surface area contributed by atoms with Crippen LogP contribution in [0.4, 0.5) is 0 Å². The van der Waals surface area contributed by atoms with Crippen molar-refractivity contribution in [3.8, 4) is 0 Å². The number of carbonyl (C=O) groups is 1. The van der Waals surface area contributed by atoms with Crippen LogP contribution >= 0.6 is 0 Å². The van der Waals surface area contributed by atoms with E-state index in [2.05, 4.69) is 9.97 Å². The van der Waals surface area contributed by atoms with Crippen LogP contribution in [-0.4, -0.2) is 29.5 Å². The van der Waals surface area contributed by atoms with E-state index in [1.807, 2.05) is 13.0 Å². The van der Waals surface area contributed by atoms with Crippen LogP contribution in [0.2, 0.25) is 0 Å². The fraction of sp³-hybridized carbons (Fsp3) is 0.214. The molecular weight excluding hydrogens is 292 g/mol. The molecule has 1 aromatic carbocycles. The number of sulfone groups is 1. The van der Waals surface area contributed by atoms with Gasteiger partial charge in [0.05, 0.1) is 17.2 Å². The van der Waals surface area contributed by atoms with E-state index in [1.54, 1.807) is 18.2 Å². The van der Waals surface area contributed by atoms with Gasteiger partial charge in [0.1, 0.15) is 11.9 Å². The van der Waals surface area contributed by atoms with Gasteiger partial charge in [-0.25, -0.2) is 23.2 Å². The minimum absolute atomic E-state index is 0.00477. The zero-order valence-electron chi connectivity index (χ0n) is 11.4. The van der Waals surface area contributed by atoms with Crippen LogP contribution in [0.25, 0.3) is 0 Å². The maximum absolute atomic E-state index is 12.2. The average Bonchev–Trinajstić information content (AvgIpc) is 2.37. The van der Waals surface area contributed by atoms with E-state index >= 15 is 0 Å². The molecule has 0 bridgehead atoms. The molecule has 6 nitrogen and oxygen atoms in total. The second kappa shape index (κ2) is 6.01. The predicted octanol–water partition coefficient (Wildman–Crippen LogP) is 1.60. The molecule has 0 aliphatic heterocycles. The standard InChI is InChI=1S/C14H14N2O4S/c1-10-3-2-4-11(5-10)7-21(19,20)8-13-12(14(17)18)6-15-9-16-13/h2-6,9H,7-8H2,1H3,(H,17,18). The average molecular weight is 306 g/mol. The number of aryl methyl sites for hydroxylation is 1. The van der Waals surface area contributed by atoms with Crippen molar-refractivity contribution in [3.05, 3.63) is 59.2 Å². The molecule has 0 fully saturated rings. The summed E-state index contributed by atoms with van der Waals surface area (Å²) in [6.45, 7) is 1.88. The summed E-state index contributed by atoms with van der Waals surface area (Å²) >= 11 is 0. The number of carboxylic acid groups (broad SMARTS) is 1. The van der Waals surface area contributed by atoms with E-state index in [0.29, 0.717) is 5.56 Å². The quantitative estimate of drug-likeness (QED) is 0.901. The monoisotopic (exact) mass is 306 g/mol. The van der Waals surface area contributed by atoms with Crippen molar-refractivity contribution in [2.24, 2.45) is 0 Å². The number of hydrogen-bond donors (Lipinski definition) is 1. The van der Waals surface area contributed by atoms with E-state index in [9.17, 15) is 13.2 Å². The number of aromatic carboxylic acids is 1. The Balaban J connectivity index is 2.24. The molecule has 0 amide bonds. The summed E-state index contributed by atoms with van der Waals surface area (Å²) in [4.78, 5) is 18.4. The van der Waals surface area contributed by atoms with Crippen LogP contribution in [0.5, 0.6) is 0 Å². The third kappa shape index (κ3) is 4.09. The Morgan fingerprint density at radius 1 is 1.29 bits per heavy atom. The molecule has 0 unspecified atom stereocenters. The van der Waals surface area contributed by atoms with Crippen molar-refractivity contribution in [1.29, 1.82) is 0 Å². The number of carboxylic acids is 1. The third-order valence-corrected chi connectivity index (χ3v) is 4.34. The predicted molar refractivity (Wildman–Crippen MR) is 76.5 cm³/mol. The number of benzene rings is 1. The van der Waals surface area contributed by atoms with E-state index in [1.165, 1.54) is 0 Å². The number of hydrogen-bond acceptors (Lipinski definition) is 5. The molecule has 0 saturated carbocycles. The highest BCUT2D eigenvalue weighted by Crippen LogP contribution is 2.14. The second-order valence-corrected chi connectivity index (χ2v) is 6.77. The summed E-state index contributed by atoms with van der Waals surface area (Å²) in [6, 6.07) is 7.18. The first-order chi connectivity index (χ1) is 9.87. The van der Waals surface area contributed by atoms with Crippen LogP contribution in [0.3, 0.4) is 0 Å². The fourth-order valence-electron chi connectivity index (χ4n) is 1.96. The highest BCUT2D eigenvalue weighted by Gasteiger charge is 2.19. The number of rotatable bonds is 5. The zero-order chi connectivity index (χ0) is 15.5. The molecule has 7 heteroatoms. The smallest absolute Gasteiger partial charge is 0.339 e. The Bertz CT molecular complexity index is 772. The first-order valence-electron chi connectivity index (χ1n) is 6.15. The van der Waals surface area contributed by atoms with Gasteiger partial charge in [0.15, 0.2) is 9.84 Å². The molecule has 2 aromatic rings. The number of nitrogens with zero attached hydrogens (tertiary/aromatic N) is 2. The summed E-state index contributed by atoms with van der Waals surface area (Å²) in [6.07, 6.45) is 2.25. The Labute approximate surface area is 122 Å². The van der Waals surface area contributed by atoms with Crippen LogP contribution in [-0.2, 0) is 21.3 Å². The Hall–Kier alpha value is -2.28. The molecule has 0 saturated heterocycles. The van der Waals surface area contributed by atoms with Crippen molar-refractivity contribution in [1.82, 2.24) is 9.97 Å². The lowest BCUT2D eigenvalue weighted by atomic mass is 10.2. The minimum Gasteiger partial charge on any atom is -0.478 e. The van der Waals surface area contributed by atoms with E-state index < -0.39 is 21.6 Å². The normalized spacial score (nSPS) is 11.3. The van der Waals surface area contributed by atoms with Gasteiger partial charge in [-0.3, -0.25) is 0 Å². The van der Waals surface area contributed by atoms with Gasteiger partial charge in [-0.2, -0.15) is 0 Å². The van der Waals surface area contributed by atoms with Gasteiger partial charge in [0, 0.05) is 6.20 Å². The van der Waals surface area contributed by atoms with Crippen molar-refractivity contribution in [2.45, 2.75) is 18.4 Å². The van der Waals surface area contributed by atoms with Gasteiger partial charge in [-0.15, -0.1) is 0 Å². The fourth-order valence-corrected chi connectivity index (χ4v) is 3.40. The van der Waals surface area contributed by atoms with Crippen LogP contribution in [0.1, 0.15) is 27.2 Å². The molecule has 21 heavy (non-hydrogen) atoms. The largest absolute Gasteiger partial charge is 0.478 e. The molecule has 0 radical (unpaired) electrons. The van der Waals surface area contributed by atoms with Crippen LogP contribution in [0.15, 0.2) is 36.8 Å². The molecule has 1 N–H and O–H groups in total. The van der Waals surface area contributed by atoms with Gasteiger partial charge in [-0.1, -0.05) is 29.8 Å². The number of aromatic nitrogens is 2. The van der Waals surface area contributed by atoms with Gasteiger partial charge in [-0.05, 0) is 12.5 Å². The summed E-state index contributed by atoms with van der Waals surface area (Å²) in [5, 5.41) is 9.01. The maximum atomic E-state index is 12.2. The molecule has 1 heterocycles. The van der Waals surface area contributed by atoms with Gasteiger partial charge in [0.25, 0.3) is 0 Å². The summed E-state index contributed by atoms with van der Waals surface area (Å²) in [5.41, 5.74) is 1.45. The Morgan fingerprint density at radius 3 is 2.71 bits per heavy atom. The highest BCUT2D eigenvalue weighted by atomic mass is 32.2.